The molecule has 1 aromatic carbocycles. The third kappa shape index (κ3) is 9.60. The summed E-state index contributed by atoms with van der Waals surface area (Å²) in [6.45, 7) is 10.6. The smallest absolute Gasteiger partial charge is 0.408 e. The first kappa shape index (κ1) is 31.1. The van der Waals surface area contributed by atoms with Gasteiger partial charge in [-0.05, 0) is 47.1 Å². The Morgan fingerprint density at radius 1 is 1.14 bits per heavy atom. The van der Waals surface area contributed by atoms with Gasteiger partial charge in [0.2, 0.25) is 11.8 Å². The number of alkyl carbamates (subject to hydrolysis) is 1. The quantitative estimate of drug-likeness (QED) is 0.243. The fourth-order valence-electron chi connectivity index (χ4n) is 3.36. The Morgan fingerprint density at radius 2 is 1.78 bits per heavy atom. The molecule has 3 N–H and O–H groups in total. The minimum absolute atomic E-state index is 0.0174. The minimum Gasteiger partial charge on any atom is -0.508 e. The molecule has 0 bridgehead atoms. The number of thiol groups is 1. The number of amides is 3. The van der Waals surface area contributed by atoms with Gasteiger partial charge >= 0.3 is 12.1 Å². The SMILES string of the molecule is CCOC(=O)CCNC(=O)C(c1ccccc1O)N(C(=O)C(CS)NC(=O)OC(C)(C)C)C(C)CC. The molecule has 3 unspecified atom stereocenters. The van der Waals surface area contributed by atoms with Crippen LogP contribution in [0, 0.1) is 0 Å². The number of carbonyl (C=O) groups is 4. The molecule has 3 amide bonds. The van der Waals surface area contributed by atoms with E-state index in [1.807, 2.05) is 6.92 Å². The monoisotopic (exact) mass is 525 g/mol. The van der Waals surface area contributed by atoms with Crippen LogP contribution in [0.5, 0.6) is 5.75 Å². The lowest BCUT2D eigenvalue weighted by atomic mass is 9.99. The Labute approximate surface area is 218 Å². The summed E-state index contributed by atoms with van der Waals surface area (Å²) in [5.41, 5.74) is -0.572. The van der Waals surface area contributed by atoms with E-state index in [4.69, 9.17) is 9.47 Å². The van der Waals surface area contributed by atoms with E-state index >= 15 is 0 Å². The number of ether oxygens (including phenoxy) is 2. The van der Waals surface area contributed by atoms with Crippen LogP contribution in [0.2, 0.25) is 0 Å². The molecular formula is C25H39N3O7S. The van der Waals surface area contributed by atoms with E-state index in [2.05, 4.69) is 23.3 Å². The van der Waals surface area contributed by atoms with Crippen LogP contribution in [0.15, 0.2) is 24.3 Å². The molecule has 0 spiro atoms. The highest BCUT2D eigenvalue weighted by Gasteiger charge is 2.39. The average molecular weight is 526 g/mol. The average Bonchev–Trinajstić information content (AvgIpc) is 2.79. The number of benzene rings is 1. The van der Waals surface area contributed by atoms with Gasteiger partial charge in [-0.1, -0.05) is 25.1 Å². The summed E-state index contributed by atoms with van der Waals surface area (Å²) in [7, 11) is 0. The van der Waals surface area contributed by atoms with Crippen molar-refractivity contribution in [2.45, 2.75) is 78.1 Å². The van der Waals surface area contributed by atoms with Crippen LogP contribution >= 0.6 is 12.6 Å². The maximum atomic E-state index is 13.7. The molecule has 0 aliphatic rings. The first-order valence-electron chi connectivity index (χ1n) is 12.0. The first-order valence-corrected chi connectivity index (χ1v) is 12.6. The highest BCUT2D eigenvalue weighted by atomic mass is 32.1. The number of esters is 1. The minimum atomic E-state index is -1.24. The highest BCUT2D eigenvalue weighted by molar-refractivity contribution is 7.80. The molecule has 0 saturated carbocycles. The van der Waals surface area contributed by atoms with Crippen molar-refractivity contribution < 1.29 is 33.8 Å². The second-order valence-corrected chi connectivity index (χ2v) is 9.56. The van der Waals surface area contributed by atoms with Crippen molar-refractivity contribution in [1.29, 1.82) is 0 Å². The van der Waals surface area contributed by atoms with E-state index in [0.29, 0.717) is 6.42 Å². The van der Waals surface area contributed by atoms with Crippen molar-refractivity contribution in [2.75, 3.05) is 18.9 Å². The zero-order chi connectivity index (χ0) is 27.5. The van der Waals surface area contributed by atoms with Crippen molar-refractivity contribution in [3.63, 3.8) is 0 Å². The summed E-state index contributed by atoms with van der Waals surface area (Å²) in [5.74, 6) is -1.86. The molecule has 11 heteroatoms. The van der Waals surface area contributed by atoms with Crippen molar-refractivity contribution in [3.05, 3.63) is 29.8 Å². The van der Waals surface area contributed by atoms with Gasteiger partial charge in [0.1, 0.15) is 23.4 Å². The predicted molar refractivity (Wildman–Crippen MR) is 139 cm³/mol. The van der Waals surface area contributed by atoms with Crippen molar-refractivity contribution in [2.24, 2.45) is 0 Å². The van der Waals surface area contributed by atoms with Gasteiger partial charge in [0.05, 0.1) is 13.0 Å². The van der Waals surface area contributed by atoms with Gasteiger partial charge < -0.3 is 30.1 Å². The molecule has 1 aromatic rings. The molecule has 1 rings (SSSR count). The molecule has 0 saturated heterocycles. The van der Waals surface area contributed by atoms with Crippen LogP contribution in [0.25, 0.3) is 0 Å². The molecule has 0 fully saturated rings. The largest absolute Gasteiger partial charge is 0.508 e. The van der Waals surface area contributed by atoms with Crippen molar-refractivity contribution in [1.82, 2.24) is 15.5 Å². The van der Waals surface area contributed by atoms with E-state index in [1.165, 1.54) is 11.0 Å². The molecule has 0 heterocycles. The summed E-state index contributed by atoms with van der Waals surface area (Å²) in [4.78, 5) is 52.6. The van der Waals surface area contributed by atoms with E-state index in [-0.39, 0.29) is 36.6 Å². The number of nitrogens with one attached hydrogen (secondary N) is 2. The van der Waals surface area contributed by atoms with Gasteiger partial charge in [0, 0.05) is 23.9 Å². The standard InChI is InChI=1S/C25H39N3O7S/c1-7-16(3)28(23(32)18(15-36)27-24(33)35-25(4,5)6)21(17-11-9-10-12-19(17)29)22(31)26-14-13-20(30)34-8-2/h9-12,16,18,21,29,36H,7-8,13-15H2,1-6H3,(H,26,31)(H,27,33). The summed E-state index contributed by atoms with van der Waals surface area (Å²) in [6.07, 6.45) is -0.362. The number of phenols is 1. The normalized spacial score (nSPS) is 13.6. The van der Waals surface area contributed by atoms with Gasteiger partial charge in [-0.25, -0.2) is 4.79 Å². The number of hydrogen-bond donors (Lipinski definition) is 4. The number of nitrogens with zero attached hydrogens (tertiary/aromatic N) is 1. The van der Waals surface area contributed by atoms with Crippen LogP contribution in [0.3, 0.4) is 0 Å². The third-order valence-electron chi connectivity index (χ3n) is 5.18. The Balaban J connectivity index is 3.35. The van der Waals surface area contributed by atoms with Crippen LogP contribution in [-0.2, 0) is 23.9 Å². The van der Waals surface area contributed by atoms with Crippen LogP contribution < -0.4 is 10.6 Å². The van der Waals surface area contributed by atoms with E-state index in [0.717, 1.165) is 0 Å². The molecule has 0 aliphatic carbocycles. The molecule has 0 aromatic heterocycles. The number of para-hydroxylation sites is 1. The summed E-state index contributed by atoms with van der Waals surface area (Å²) < 4.78 is 10.2. The van der Waals surface area contributed by atoms with Gasteiger partial charge in [-0.2, -0.15) is 12.6 Å². The van der Waals surface area contributed by atoms with Crippen LogP contribution in [-0.4, -0.2) is 70.5 Å². The molecule has 36 heavy (non-hydrogen) atoms. The number of phenolic OH excluding ortho intramolecular Hbond substituents is 1. The van der Waals surface area contributed by atoms with Gasteiger partial charge in [0.25, 0.3) is 0 Å². The Kier molecular flexibility index (Phi) is 12.6. The fourth-order valence-corrected chi connectivity index (χ4v) is 3.61. The Hall–Kier alpha value is -2.95. The Bertz CT molecular complexity index is 904. The predicted octanol–water partition coefficient (Wildman–Crippen LogP) is 2.95. The number of hydrogen-bond acceptors (Lipinski definition) is 8. The van der Waals surface area contributed by atoms with Crippen LogP contribution in [0.4, 0.5) is 4.79 Å². The lowest BCUT2D eigenvalue weighted by molar-refractivity contribution is -0.145. The van der Waals surface area contributed by atoms with Gasteiger partial charge in [-0.3, -0.25) is 14.4 Å². The lowest BCUT2D eigenvalue weighted by Gasteiger charge is -2.38. The number of rotatable bonds is 12. The zero-order valence-corrected chi connectivity index (χ0v) is 22.8. The first-order chi connectivity index (χ1) is 16.9. The summed E-state index contributed by atoms with van der Waals surface area (Å²) in [6, 6.07) is 3.41. The third-order valence-corrected chi connectivity index (χ3v) is 5.55. The fraction of sp³-hybridized carbons (Fsp3) is 0.600. The molecule has 202 valence electrons. The van der Waals surface area contributed by atoms with Crippen molar-refractivity contribution in [3.8, 4) is 5.75 Å². The molecular weight excluding hydrogens is 486 g/mol. The Morgan fingerprint density at radius 3 is 2.31 bits per heavy atom. The van der Waals surface area contributed by atoms with E-state index in [1.54, 1.807) is 52.8 Å². The molecule has 0 aliphatic heterocycles. The van der Waals surface area contributed by atoms with E-state index in [9.17, 15) is 24.3 Å². The molecule has 0 radical (unpaired) electrons. The highest BCUT2D eigenvalue weighted by Crippen LogP contribution is 2.31. The zero-order valence-electron chi connectivity index (χ0n) is 21.9. The number of aromatic hydroxyl groups is 1. The van der Waals surface area contributed by atoms with Gasteiger partial charge in [-0.15, -0.1) is 0 Å². The summed E-state index contributed by atoms with van der Waals surface area (Å²) >= 11 is 4.24. The summed E-state index contributed by atoms with van der Waals surface area (Å²) in [5, 5.41) is 15.8. The van der Waals surface area contributed by atoms with Crippen molar-refractivity contribution >= 4 is 36.5 Å². The maximum Gasteiger partial charge on any atom is 0.408 e. The molecule has 10 nitrogen and oxygen atoms in total. The molecule has 3 atom stereocenters. The van der Waals surface area contributed by atoms with Crippen LogP contribution in [0.1, 0.15) is 66.0 Å². The second-order valence-electron chi connectivity index (χ2n) is 9.19. The number of carbonyl (C=O) groups excluding carboxylic acids is 4. The lowest BCUT2D eigenvalue weighted by Crippen LogP contribution is -2.56. The van der Waals surface area contributed by atoms with E-state index < -0.39 is 47.6 Å². The topological polar surface area (TPSA) is 134 Å². The van der Waals surface area contributed by atoms with Gasteiger partial charge in [0.15, 0.2) is 0 Å². The second kappa shape index (κ2) is 14.6. The maximum absolute atomic E-state index is 13.7.